The largest absolute Gasteiger partial charge is 0.371 e. The lowest BCUT2D eigenvalue weighted by molar-refractivity contribution is -0.138. The van der Waals surface area contributed by atoms with Gasteiger partial charge in [-0.15, -0.1) is 6.58 Å². The molecule has 3 amide bonds. The second-order valence-corrected chi connectivity index (χ2v) is 8.08. The number of para-hydroxylation sites is 1. The minimum atomic E-state index is -0.823. The zero-order chi connectivity index (χ0) is 21.9. The van der Waals surface area contributed by atoms with Gasteiger partial charge >= 0.3 is 0 Å². The average Bonchev–Trinajstić information content (AvgIpc) is 2.98. The van der Waals surface area contributed by atoms with Crippen LogP contribution in [0, 0.1) is 5.92 Å². The van der Waals surface area contributed by atoms with Gasteiger partial charge in [0.15, 0.2) is 0 Å². The molecule has 162 valence electrons. The van der Waals surface area contributed by atoms with Gasteiger partial charge in [0.05, 0.1) is 11.5 Å². The quantitative estimate of drug-likeness (QED) is 0.670. The Bertz CT molecular complexity index is 802. The van der Waals surface area contributed by atoms with Crippen molar-refractivity contribution in [2.45, 2.75) is 37.3 Å². The van der Waals surface area contributed by atoms with Gasteiger partial charge in [0.2, 0.25) is 11.8 Å². The van der Waals surface area contributed by atoms with Crippen LogP contribution < -0.4 is 4.90 Å². The van der Waals surface area contributed by atoms with E-state index in [1.807, 2.05) is 35.2 Å². The molecule has 0 N–H and O–H groups in total. The van der Waals surface area contributed by atoms with Crippen molar-refractivity contribution in [1.29, 1.82) is 0 Å². The van der Waals surface area contributed by atoms with Crippen molar-refractivity contribution in [1.82, 2.24) is 9.80 Å². The lowest BCUT2D eigenvalue weighted by Gasteiger charge is -2.46. The summed E-state index contributed by atoms with van der Waals surface area (Å²) in [5.74, 6) is -0.860. The van der Waals surface area contributed by atoms with Crippen LogP contribution in [0.1, 0.15) is 25.7 Å². The number of piperidine rings is 1. The van der Waals surface area contributed by atoms with E-state index >= 15 is 0 Å². The molecule has 30 heavy (non-hydrogen) atoms. The minimum absolute atomic E-state index is 0.0873. The number of carbonyl (C=O) groups excluding carboxylic acids is 3. The fourth-order valence-electron chi connectivity index (χ4n) is 4.80. The molecule has 2 fully saturated rings. The lowest BCUT2D eigenvalue weighted by Crippen LogP contribution is -2.59. The molecule has 2 aliphatic rings. The molecule has 0 aliphatic carbocycles. The van der Waals surface area contributed by atoms with E-state index in [4.69, 9.17) is 4.74 Å². The van der Waals surface area contributed by atoms with Gasteiger partial charge < -0.3 is 19.4 Å². The Labute approximate surface area is 178 Å². The van der Waals surface area contributed by atoms with Crippen LogP contribution in [0.3, 0.4) is 0 Å². The number of nitrogens with zero attached hydrogens (tertiary/aromatic N) is 3. The van der Waals surface area contributed by atoms with E-state index in [1.165, 1.54) is 7.11 Å². The smallest absolute Gasteiger partial charge is 0.252 e. The van der Waals surface area contributed by atoms with Gasteiger partial charge in [-0.1, -0.05) is 24.3 Å². The first-order valence-electron chi connectivity index (χ1n) is 10.4. The van der Waals surface area contributed by atoms with Crippen LogP contribution in [0.5, 0.6) is 0 Å². The molecule has 1 spiro atoms. The number of amides is 3. The highest BCUT2D eigenvalue weighted by atomic mass is 16.5. The third-order valence-corrected chi connectivity index (χ3v) is 6.66. The Morgan fingerprint density at radius 3 is 2.47 bits per heavy atom. The summed E-state index contributed by atoms with van der Waals surface area (Å²) in [6, 6.07) is 9.39. The number of likely N-dealkylation sites (N-methyl/N-ethyl adjacent to an activating group) is 1. The monoisotopic (exact) mass is 413 g/mol. The normalized spacial score (nSPS) is 23.0. The fraction of sp³-hybridized carbons (Fsp3) is 0.522. The Hall–Kier alpha value is -2.67. The van der Waals surface area contributed by atoms with E-state index in [1.54, 1.807) is 30.0 Å². The molecule has 2 aliphatic heterocycles. The molecule has 2 heterocycles. The van der Waals surface area contributed by atoms with Gasteiger partial charge in [0.25, 0.3) is 5.91 Å². The van der Waals surface area contributed by atoms with E-state index in [0.717, 1.165) is 5.69 Å². The van der Waals surface area contributed by atoms with Gasteiger partial charge in [-0.25, -0.2) is 0 Å². The van der Waals surface area contributed by atoms with E-state index in [2.05, 4.69) is 6.58 Å². The van der Waals surface area contributed by atoms with Crippen LogP contribution in [0.4, 0.5) is 5.69 Å². The molecule has 7 nitrogen and oxygen atoms in total. The molecule has 7 heteroatoms. The number of methoxy groups -OCH3 is 1. The zero-order valence-corrected chi connectivity index (χ0v) is 18.0. The number of likely N-dealkylation sites (tertiary alicyclic amines) is 2. The van der Waals surface area contributed by atoms with Gasteiger partial charge in [0.1, 0.15) is 6.10 Å². The minimum Gasteiger partial charge on any atom is -0.371 e. The molecule has 0 aromatic heterocycles. The van der Waals surface area contributed by atoms with Gasteiger partial charge in [0, 0.05) is 46.4 Å². The third-order valence-electron chi connectivity index (χ3n) is 6.66. The molecule has 3 rings (SSSR count). The van der Waals surface area contributed by atoms with Crippen molar-refractivity contribution in [2.24, 2.45) is 5.92 Å². The summed E-state index contributed by atoms with van der Waals surface area (Å²) in [4.78, 5) is 44.1. The van der Waals surface area contributed by atoms with Gasteiger partial charge in [-0.3, -0.25) is 14.4 Å². The summed E-state index contributed by atoms with van der Waals surface area (Å²) in [5.41, 5.74) is 0.110. The maximum absolute atomic E-state index is 13.6. The molecule has 0 radical (unpaired) electrons. The predicted octanol–water partition coefficient (Wildman–Crippen LogP) is 2.08. The van der Waals surface area contributed by atoms with Crippen molar-refractivity contribution in [3.63, 3.8) is 0 Å². The van der Waals surface area contributed by atoms with E-state index < -0.39 is 17.6 Å². The maximum atomic E-state index is 13.6. The highest BCUT2D eigenvalue weighted by Crippen LogP contribution is 2.45. The number of benzene rings is 1. The molecule has 0 saturated carbocycles. The van der Waals surface area contributed by atoms with Crippen LogP contribution in [0.25, 0.3) is 0 Å². The average molecular weight is 414 g/mol. The Balaban J connectivity index is 1.86. The van der Waals surface area contributed by atoms with Crippen LogP contribution >= 0.6 is 0 Å². The molecular formula is C23H31N3O4. The second kappa shape index (κ2) is 9.00. The van der Waals surface area contributed by atoms with Crippen LogP contribution in [0.2, 0.25) is 0 Å². The zero-order valence-electron chi connectivity index (χ0n) is 18.0. The maximum Gasteiger partial charge on any atom is 0.252 e. The topological polar surface area (TPSA) is 70.2 Å². The Morgan fingerprint density at radius 2 is 1.90 bits per heavy atom. The Kier molecular flexibility index (Phi) is 6.61. The SMILES string of the molecule is C=CCCC(=O)N1CCC2(CC1)[C@H](C(=O)N(C)c1ccccc1)[C@@H](OC)C(=O)N2C. The number of carbonyl (C=O) groups is 3. The van der Waals surface area contributed by atoms with Crippen LogP contribution in [-0.4, -0.2) is 73.5 Å². The first kappa shape index (κ1) is 22.0. The van der Waals surface area contributed by atoms with Gasteiger partial charge in [-0.05, 0) is 31.4 Å². The molecule has 1 aromatic carbocycles. The third kappa shape index (κ3) is 3.74. The fourth-order valence-corrected chi connectivity index (χ4v) is 4.80. The van der Waals surface area contributed by atoms with Crippen molar-refractivity contribution < 1.29 is 19.1 Å². The first-order chi connectivity index (χ1) is 14.4. The van der Waals surface area contributed by atoms with Crippen LogP contribution in [0.15, 0.2) is 43.0 Å². The molecule has 1 aromatic rings. The molecule has 0 unspecified atom stereocenters. The molecule has 2 atom stereocenters. The summed E-state index contributed by atoms with van der Waals surface area (Å²) < 4.78 is 5.54. The van der Waals surface area contributed by atoms with Crippen molar-refractivity contribution in [3.8, 4) is 0 Å². The first-order valence-corrected chi connectivity index (χ1v) is 10.4. The predicted molar refractivity (Wildman–Crippen MR) is 115 cm³/mol. The number of hydrogen-bond acceptors (Lipinski definition) is 4. The summed E-state index contributed by atoms with van der Waals surface area (Å²) in [7, 11) is 4.96. The number of allylic oxidation sites excluding steroid dienone is 1. The Morgan fingerprint density at radius 1 is 1.27 bits per heavy atom. The summed E-state index contributed by atoms with van der Waals surface area (Å²) in [6.07, 6.45) is 3.10. The van der Waals surface area contributed by atoms with E-state index in [0.29, 0.717) is 38.8 Å². The highest BCUT2D eigenvalue weighted by molar-refractivity contribution is 6.02. The number of ether oxygens (including phenoxy) is 1. The highest BCUT2D eigenvalue weighted by Gasteiger charge is 2.61. The molecule has 0 bridgehead atoms. The van der Waals surface area contributed by atoms with Gasteiger partial charge in [-0.2, -0.15) is 0 Å². The standard InChI is InChI=1S/C23H31N3O4/c1-5-6-12-18(27)26-15-13-23(14-16-26)19(20(30-4)22(29)25(23)3)21(28)24(2)17-10-8-7-9-11-17/h5,7-11,19-20H,1,6,12-16H2,2-4H3/t19-,20+/m0/s1. The summed E-state index contributed by atoms with van der Waals surface area (Å²) in [6.45, 7) is 4.70. The van der Waals surface area contributed by atoms with Crippen LogP contribution in [-0.2, 0) is 19.1 Å². The number of hydrogen-bond donors (Lipinski definition) is 0. The number of rotatable bonds is 6. The lowest BCUT2D eigenvalue weighted by atomic mass is 9.75. The summed E-state index contributed by atoms with van der Waals surface area (Å²) >= 11 is 0. The molecule has 2 saturated heterocycles. The van der Waals surface area contributed by atoms with Crippen molar-refractivity contribution in [3.05, 3.63) is 43.0 Å². The molecular weight excluding hydrogens is 382 g/mol. The number of anilines is 1. The van der Waals surface area contributed by atoms with E-state index in [-0.39, 0.29) is 17.7 Å². The van der Waals surface area contributed by atoms with Crippen molar-refractivity contribution in [2.75, 3.05) is 39.2 Å². The summed E-state index contributed by atoms with van der Waals surface area (Å²) in [5, 5.41) is 0. The van der Waals surface area contributed by atoms with E-state index in [9.17, 15) is 14.4 Å². The van der Waals surface area contributed by atoms with Crippen molar-refractivity contribution >= 4 is 23.4 Å². The second-order valence-electron chi connectivity index (χ2n) is 8.08.